The summed E-state index contributed by atoms with van der Waals surface area (Å²) in [5.41, 5.74) is 3.14. The number of fused-ring (bicyclic) bond motifs is 1. The van der Waals surface area contributed by atoms with Crippen LogP contribution in [0.5, 0.6) is 0 Å². The first-order valence-electron chi connectivity index (χ1n) is 6.55. The van der Waals surface area contributed by atoms with Gasteiger partial charge in [0.25, 0.3) is 0 Å². The summed E-state index contributed by atoms with van der Waals surface area (Å²) in [4.78, 5) is 11.4. The van der Waals surface area contributed by atoms with Crippen molar-refractivity contribution in [2.45, 2.75) is 39.7 Å². The lowest BCUT2D eigenvalue weighted by Gasteiger charge is -2.19. The number of aryl methyl sites for hydroxylation is 1. The van der Waals surface area contributed by atoms with Gasteiger partial charge in [-0.05, 0) is 17.9 Å². The van der Waals surface area contributed by atoms with E-state index in [1.165, 1.54) is 0 Å². The second-order valence-corrected chi connectivity index (χ2v) is 6.03. The van der Waals surface area contributed by atoms with Crippen LogP contribution in [0.1, 0.15) is 48.0 Å². The SMILES string of the molecule is COCc1c(C(=O)O)oc2c(C(C)(C)C)ccc(C)c12. The number of rotatable bonds is 3. The van der Waals surface area contributed by atoms with E-state index < -0.39 is 5.97 Å². The predicted octanol–water partition coefficient (Wildman–Crippen LogP) is 3.88. The third-order valence-electron chi connectivity index (χ3n) is 3.44. The molecule has 1 heterocycles. The van der Waals surface area contributed by atoms with Crippen LogP contribution in [0.25, 0.3) is 11.0 Å². The van der Waals surface area contributed by atoms with E-state index in [0.717, 1.165) is 16.5 Å². The Balaban J connectivity index is 2.88. The van der Waals surface area contributed by atoms with Gasteiger partial charge in [-0.15, -0.1) is 0 Å². The zero-order valence-corrected chi connectivity index (χ0v) is 12.5. The molecule has 1 aromatic heterocycles. The largest absolute Gasteiger partial charge is 0.475 e. The minimum Gasteiger partial charge on any atom is -0.475 e. The molecule has 0 atom stereocenters. The Labute approximate surface area is 118 Å². The summed E-state index contributed by atoms with van der Waals surface area (Å²) in [5.74, 6) is -1.09. The van der Waals surface area contributed by atoms with Crippen molar-refractivity contribution in [1.82, 2.24) is 0 Å². The lowest BCUT2D eigenvalue weighted by Crippen LogP contribution is -2.11. The second kappa shape index (κ2) is 4.94. The summed E-state index contributed by atoms with van der Waals surface area (Å²) in [6, 6.07) is 4.01. The van der Waals surface area contributed by atoms with Crippen LogP contribution < -0.4 is 0 Å². The lowest BCUT2D eigenvalue weighted by molar-refractivity contribution is 0.0658. The number of aromatic carboxylic acids is 1. The number of carbonyl (C=O) groups is 1. The van der Waals surface area contributed by atoms with Crippen LogP contribution in [-0.4, -0.2) is 18.2 Å². The zero-order valence-electron chi connectivity index (χ0n) is 12.5. The molecule has 0 saturated carbocycles. The normalized spacial score (nSPS) is 12.1. The van der Waals surface area contributed by atoms with E-state index in [2.05, 4.69) is 20.8 Å². The molecule has 1 N–H and O–H groups in total. The molecule has 0 bridgehead atoms. The number of hydrogen-bond donors (Lipinski definition) is 1. The van der Waals surface area contributed by atoms with Crippen molar-refractivity contribution in [1.29, 1.82) is 0 Å². The maximum absolute atomic E-state index is 11.4. The molecule has 4 nitrogen and oxygen atoms in total. The third-order valence-corrected chi connectivity index (χ3v) is 3.44. The Morgan fingerprint density at radius 1 is 1.35 bits per heavy atom. The van der Waals surface area contributed by atoms with Gasteiger partial charge in [0.15, 0.2) is 0 Å². The Hall–Kier alpha value is -1.81. The molecule has 0 unspecified atom stereocenters. The van der Waals surface area contributed by atoms with Crippen LogP contribution in [0.3, 0.4) is 0 Å². The number of carboxylic acids is 1. The maximum Gasteiger partial charge on any atom is 0.372 e. The maximum atomic E-state index is 11.4. The predicted molar refractivity (Wildman–Crippen MR) is 77.3 cm³/mol. The number of methoxy groups -OCH3 is 1. The van der Waals surface area contributed by atoms with E-state index in [1.54, 1.807) is 7.11 Å². The Morgan fingerprint density at radius 3 is 2.50 bits per heavy atom. The molecular weight excluding hydrogens is 256 g/mol. The molecule has 0 saturated heterocycles. The highest BCUT2D eigenvalue weighted by molar-refractivity contribution is 5.97. The summed E-state index contributed by atoms with van der Waals surface area (Å²) in [6.45, 7) is 8.42. The van der Waals surface area contributed by atoms with Crippen LogP contribution >= 0.6 is 0 Å². The van der Waals surface area contributed by atoms with Crippen molar-refractivity contribution in [2.24, 2.45) is 0 Å². The molecule has 0 amide bonds. The van der Waals surface area contributed by atoms with E-state index in [0.29, 0.717) is 11.1 Å². The molecule has 0 fully saturated rings. The second-order valence-electron chi connectivity index (χ2n) is 6.03. The van der Waals surface area contributed by atoms with Crippen LogP contribution in [0, 0.1) is 6.92 Å². The van der Waals surface area contributed by atoms with Gasteiger partial charge < -0.3 is 14.3 Å². The fourth-order valence-electron chi connectivity index (χ4n) is 2.48. The van der Waals surface area contributed by atoms with Crippen molar-refractivity contribution in [3.63, 3.8) is 0 Å². The van der Waals surface area contributed by atoms with Crippen molar-refractivity contribution in [3.8, 4) is 0 Å². The van der Waals surface area contributed by atoms with Gasteiger partial charge in [0.05, 0.1) is 6.61 Å². The molecule has 4 heteroatoms. The van der Waals surface area contributed by atoms with Crippen LogP contribution in [0.4, 0.5) is 0 Å². The summed E-state index contributed by atoms with van der Waals surface area (Å²) >= 11 is 0. The average Bonchev–Trinajstić information content (AvgIpc) is 2.69. The molecule has 0 spiro atoms. The molecule has 0 radical (unpaired) electrons. The van der Waals surface area contributed by atoms with Gasteiger partial charge in [0.1, 0.15) is 5.58 Å². The summed E-state index contributed by atoms with van der Waals surface area (Å²) in [5, 5.41) is 10.2. The molecule has 1 aromatic carbocycles. The zero-order chi connectivity index (χ0) is 15.1. The van der Waals surface area contributed by atoms with E-state index in [9.17, 15) is 9.90 Å². The summed E-state index contributed by atoms with van der Waals surface area (Å²) in [6.07, 6.45) is 0. The minimum absolute atomic E-state index is 0.0263. The van der Waals surface area contributed by atoms with Crippen molar-refractivity contribution >= 4 is 16.9 Å². The number of ether oxygens (including phenoxy) is 1. The Kier molecular flexibility index (Phi) is 3.61. The average molecular weight is 276 g/mol. The van der Waals surface area contributed by atoms with Crippen LogP contribution in [0.15, 0.2) is 16.5 Å². The Bertz CT molecular complexity index is 659. The van der Waals surface area contributed by atoms with Gasteiger partial charge in [-0.3, -0.25) is 0 Å². The summed E-state index contributed by atoms with van der Waals surface area (Å²) in [7, 11) is 1.55. The quantitative estimate of drug-likeness (QED) is 0.924. The first kappa shape index (κ1) is 14.6. The highest BCUT2D eigenvalue weighted by Crippen LogP contribution is 2.37. The van der Waals surface area contributed by atoms with Gasteiger partial charge in [-0.25, -0.2) is 4.79 Å². The molecule has 2 rings (SSSR count). The first-order chi connectivity index (χ1) is 9.27. The number of benzene rings is 1. The molecule has 20 heavy (non-hydrogen) atoms. The van der Waals surface area contributed by atoms with Gasteiger partial charge >= 0.3 is 5.97 Å². The topological polar surface area (TPSA) is 59.7 Å². The fraction of sp³-hybridized carbons (Fsp3) is 0.438. The molecule has 0 aliphatic heterocycles. The van der Waals surface area contributed by atoms with E-state index in [1.807, 2.05) is 19.1 Å². The van der Waals surface area contributed by atoms with Crippen molar-refractivity contribution in [3.05, 3.63) is 34.6 Å². The third kappa shape index (κ3) is 2.31. The van der Waals surface area contributed by atoms with Gasteiger partial charge in [-0.1, -0.05) is 32.9 Å². The molecule has 0 aliphatic carbocycles. The van der Waals surface area contributed by atoms with Gasteiger partial charge in [0, 0.05) is 23.6 Å². The highest BCUT2D eigenvalue weighted by atomic mass is 16.5. The van der Waals surface area contributed by atoms with E-state index in [-0.39, 0.29) is 17.8 Å². The fourth-order valence-corrected chi connectivity index (χ4v) is 2.48. The minimum atomic E-state index is -1.06. The Morgan fingerprint density at radius 2 is 2.00 bits per heavy atom. The van der Waals surface area contributed by atoms with Gasteiger partial charge in [-0.2, -0.15) is 0 Å². The lowest BCUT2D eigenvalue weighted by atomic mass is 9.85. The monoisotopic (exact) mass is 276 g/mol. The molecule has 0 aliphatic rings. The standard InChI is InChI=1S/C16H20O4/c1-9-6-7-11(16(2,3)4)14-12(9)10(8-19-5)13(20-14)15(17)18/h6-7H,8H2,1-5H3,(H,17,18). The van der Waals surface area contributed by atoms with E-state index >= 15 is 0 Å². The van der Waals surface area contributed by atoms with Crippen molar-refractivity contribution < 1.29 is 19.1 Å². The number of hydrogen-bond acceptors (Lipinski definition) is 3. The smallest absolute Gasteiger partial charge is 0.372 e. The van der Waals surface area contributed by atoms with Gasteiger partial charge in [0.2, 0.25) is 5.76 Å². The number of carboxylic acid groups (broad SMARTS) is 1. The first-order valence-corrected chi connectivity index (χ1v) is 6.55. The highest BCUT2D eigenvalue weighted by Gasteiger charge is 2.26. The van der Waals surface area contributed by atoms with Crippen LogP contribution in [0.2, 0.25) is 0 Å². The van der Waals surface area contributed by atoms with Crippen LogP contribution in [-0.2, 0) is 16.8 Å². The number of furan rings is 1. The van der Waals surface area contributed by atoms with E-state index in [4.69, 9.17) is 9.15 Å². The molecule has 108 valence electrons. The molecular formula is C16H20O4. The molecule has 2 aromatic rings. The summed E-state index contributed by atoms with van der Waals surface area (Å²) < 4.78 is 10.8. The van der Waals surface area contributed by atoms with Crippen molar-refractivity contribution in [2.75, 3.05) is 7.11 Å².